The minimum absolute atomic E-state index is 0.00917. The summed E-state index contributed by atoms with van der Waals surface area (Å²) in [7, 11) is 0. The highest BCUT2D eigenvalue weighted by Gasteiger charge is 2.29. The molecule has 1 aromatic heterocycles. The lowest BCUT2D eigenvalue weighted by Gasteiger charge is -2.32. The van der Waals surface area contributed by atoms with Gasteiger partial charge >= 0.3 is 6.03 Å². The Morgan fingerprint density at radius 3 is 2.93 bits per heavy atom. The van der Waals surface area contributed by atoms with Gasteiger partial charge in [-0.3, -0.25) is 0 Å². The van der Waals surface area contributed by atoms with Gasteiger partial charge in [0, 0.05) is 25.6 Å². The van der Waals surface area contributed by atoms with E-state index >= 15 is 0 Å². The van der Waals surface area contributed by atoms with Gasteiger partial charge in [-0.1, -0.05) is 35.5 Å². The molecule has 144 valence electrons. The van der Waals surface area contributed by atoms with Crippen LogP contribution in [0.15, 0.2) is 34.9 Å². The number of urea groups is 1. The van der Waals surface area contributed by atoms with Crippen molar-refractivity contribution in [2.24, 2.45) is 0 Å². The predicted molar refractivity (Wildman–Crippen MR) is 99.2 cm³/mol. The summed E-state index contributed by atoms with van der Waals surface area (Å²) in [5, 5.41) is 7.01. The highest BCUT2D eigenvalue weighted by Crippen LogP contribution is 2.38. The molecule has 1 saturated heterocycles. The van der Waals surface area contributed by atoms with Crippen LogP contribution < -0.4 is 5.32 Å². The minimum atomic E-state index is -0.0203. The summed E-state index contributed by atoms with van der Waals surface area (Å²) in [4.78, 5) is 18.6. The van der Waals surface area contributed by atoms with Crippen LogP contribution in [0.25, 0.3) is 0 Å². The van der Waals surface area contributed by atoms with Crippen molar-refractivity contribution in [1.29, 1.82) is 0 Å². The van der Waals surface area contributed by atoms with Crippen LogP contribution in [0.5, 0.6) is 0 Å². The molecule has 0 radical (unpaired) electrons. The number of nitrogens with one attached hydrogen (secondary N) is 1. The number of aromatic nitrogens is 2. The van der Waals surface area contributed by atoms with Gasteiger partial charge in [-0.25, -0.2) is 4.79 Å². The molecule has 1 aliphatic heterocycles. The average molecular weight is 370 g/mol. The van der Waals surface area contributed by atoms with E-state index in [2.05, 4.69) is 27.6 Å². The van der Waals surface area contributed by atoms with Gasteiger partial charge in [-0.15, -0.1) is 0 Å². The zero-order valence-electron chi connectivity index (χ0n) is 15.5. The van der Waals surface area contributed by atoms with Crippen molar-refractivity contribution >= 4 is 6.03 Å². The fourth-order valence-corrected chi connectivity index (χ4v) is 3.35. The Kier molecular flexibility index (Phi) is 5.67. The predicted octanol–water partition coefficient (Wildman–Crippen LogP) is 2.88. The Bertz CT molecular complexity index is 745. The molecule has 1 N–H and O–H groups in total. The first-order chi connectivity index (χ1) is 13.3. The largest absolute Gasteiger partial charge is 0.367 e. The molecule has 1 atom stereocenters. The summed E-state index contributed by atoms with van der Waals surface area (Å²) in [5.41, 5.74) is 1.22. The van der Waals surface area contributed by atoms with Gasteiger partial charge < -0.3 is 19.5 Å². The molecule has 7 heteroatoms. The maximum absolute atomic E-state index is 12.4. The number of rotatable bonds is 7. The molecule has 1 unspecified atom stereocenters. The van der Waals surface area contributed by atoms with Gasteiger partial charge in [0.2, 0.25) is 0 Å². The van der Waals surface area contributed by atoms with Crippen LogP contribution in [0.3, 0.4) is 0 Å². The van der Waals surface area contributed by atoms with Crippen LogP contribution in [0.4, 0.5) is 4.79 Å². The fraction of sp³-hybridized carbons (Fsp3) is 0.550. The van der Waals surface area contributed by atoms with Gasteiger partial charge in [0.05, 0.1) is 6.10 Å². The Hall–Kier alpha value is -2.41. The number of carbonyl (C=O) groups is 1. The maximum Gasteiger partial charge on any atom is 0.317 e. The zero-order chi connectivity index (χ0) is 18.5. The molecular weight excluding hydrogens is 344 g/mol. The first-order valence-electron chi connectivity index (χ1n) is 9.79. The van der Waals surface area contributed by atoms with Crippen molar-refractivity contribution < 1.29 is 14.1 Å². The zero-order valence-corrected chi connectivity index (χ0v) is 15.5. The first-order valence-corrected chi connectivity index (χ1v) is 9.79. The summed E-state index contributed by atoms with van der Waals surface area (Å²) in [5.74, 6) is 1.81. The maximum atomic E-state index is 12.4. The van der Waals surface area contributed by atoms with Crippen molar-refractivity contribution in [2.75, 3.05) is 19.6 Å². The topological polar surface area (TPSA) is 80.5 Å². The smallest absolute Gasteiger partial charge is 0.317 e. The molecule has 1 saturated carbocycles. The van der Waals surface area contributed by atoms with Crippen molar-refractivity contribution in [3.05, 3.63) is 47.6 Å². The number of ether oxygens (including phenoxy) is 1. The highest BCUT2D eigenvalue weighted by molar-refractivity contribution is 5.74. The van der Waals surface area contributed by atoms with Crippen molar-refractivity contribution in [1.82, 2.24) is 20.4 Å². The van der Waals surface area contributed by atoms with E-state index in [0.717, 1.165) is 44.5 Å². The third-order valence-electron chi connectivity index (χ3n) is 5.07. The second-order valence-corrected chi connectivity index (χ2v) is 7.31. The van der Waals surface area contributed by atoms with Gasteiger partial charge in [0.1, 0.15) is 6.61 Å². The summed E-state index contributed by atoms with van der Waals surface area (Å²) in [6, 6.07) is 10.2. The molecule has 2 heterocycles. The van der Waals surface area contributed by atoms with Crippen LogP contribution >= 0.6 is 0 Å². The third kappa shape index (κ3) is 5.07. The Morgan fingerprint density at radius 1 is 1.26 bits per heavy atom. The normalized spacial score (nSPS) is 19.9. The van der Waals surface area contributed by atoms with Crippen molar-refractivity contribution in [2.45, 2.75) is 50.7 Å². The number of hydrogen-bond donors (Lipinski definition) is 1. The molecule has 27 heavy (non-hydrogen) atoms. The first kappa shape index (κ1) is 18.0. The monoisotopic (exact) mass is 370 g/mol. The molecule has 2 aromatic rings. The van der Waals surface area contributed by atoms with Crippen molar-refractivity contribution in [3.63, 3.8) is 0 Å². The van der Waals surface area contributed by atoms with Gasteiger partial charge in [-0.05, 0) is 37.7 Å². The van der Waals surface area contributed by atoms with E-state index in [-0.39, 0.29) is 12.1 Å². The number of carbonyl (C=O) groups excluding carboxylic acids is 1. The molecule has 1 aromatic carbocycles. The van der Waals surface area contributed by atoms with Crippen LogP contribution in [0.2, 0.25) is 0 Å². The molecule has 4 rings (SSSR count). The Balaban J connectivity index is 1.19. The van der Waals surface area contributed by atoms with Crippen molar-refractivity contribution in [3.8, 4) is 0 Å². The van der Waals surface area contributed by atoms with E-state index in [1.807, 2.05) is 23.1 Å². The second kappa shape index (κ2) is 8.52. The molecule has 7 nitrogen and oxygen atoms in total. The SMILES string of the molecule is O=C(NCCc1ccccc1)N1CCCC(OCc2nc(C3CC3)no2)C1. The average Bonchev–Trinajstić information content (AvgIpc) is 3.45. The third-order valence-corrected chi connectivity index (χ3v) is 5.07. The molecule has 1 aliphatic carbocycles. The standard InChI is InChI=1S/C20H26N4O3/c25-20(21-11-10-15-5-2-1-3-6-15)24-12-4-7-17(13-24)26-14-18-22-19(23-27-18)16-8-9-16/h1-3,5-6,16-17H,4,7-14H2,(H,21,25). The number of nitrogens with zero attached hydrogens (tertiary/aromatic N) is 3. The van der Waals surface area contributed by atoms with Crippen LogP contribution in [0.1, 0.15) is 48.9 Å². The summed E-state index contributed by atoms with van der Waals surface area (Å²) < 4.78 is 11.2. The molecule has 2 fully saturated rings. The number of amides is 2. The summed E-state index contributed by atoms with van der Waals surface area (Å²) in [6.45, 7) is 2.31. The van der Waals surface area contributed by atoms with Crippen LogP contribution in [0, 0.1) is 0 Å². The lowest BCUT2D eigenvalue weighted by Crippen LogP contribution is -2.48. The molecule has 0 bridgehead atoms. The Morgan fingerprint density at radius 2 is 2.11 bits per heavy atom. The number of likely N-dealkylation sites (tertiary alicyclic amines) is 1. The van der Waals surface area contributed by atoms with E-state index in [4.69, 9.17) is 9.26 Å². The lowest BCUT2D eigenvalue weighted by atomic mass is 10.1. The Labute approximate surface area is 159 Å². The quantitative estimate of drug-likeness (QED) is 0.811. The number of piperidine rings is 1. The fourth-order valence-electron chi connectivity index (χ4n) is 3.35. The van der Waals surface area contributed by atoms with E-state index < -0.39 is 0 Å². The van der Waals surface area contributed by atoms with E-state index in [1.54, 1.807) is 0 Å². The van der Waals surface area contributed by atoms with Crippen LogP contribution in [-0.2, 0) is 17.8 Å². The summed E-state index contributed by atoms with van der Waals surface area (Å²) in [6.07, 6.45) is 5.02. The van der Waals surface area contributed by atoms with Gasteiger partial charge in [-0.2, -0.15) is 4.98 Å². The van der Waals surface area contributed by atoms with Gasteiger partial charge in [0.15, 0.2) is 5.82 Å². The molecule has 2 amide bonds. The molecule has 2 aliphatic rings. The minimum Gasteiger partial charge on any atom is -0.367 e. The van der Waals surface area contributed by atoms with E-state index in [1.165, 1.54) is 5.56 Å². The lowest BCUT2D eigenvalue weighted by molar-refractivity contribution is -0.0103. The molecule has 0 spiro atoms. The van der Waals surface area contributed by atoms with Crippen LogP contribution in [-0.4, -0.2) is 46.8 Å². The van der Waals surface area contributed by atoms with E-state index in [9.17, 15) is 4.79 Å². The summed E-state index contributed by atoms with van der Waals surface area (Å²) >= 11 is 0. The highest BCUT2D eigenvalue weighted by atomic mass is 16.5. The number of benzene rings is 1. The van der Waals surface area contributed by atoms with E-state index in [0.29, 0.717) is 31.5 Å². The second-order valence-electron chi connectivity index (χ2n) is 7.31. The van der Waals surface area contributed by atoms with Gasteiger partial charge in [0.25, 0.3) is 5.89 Å². The number of hydrogen-bond acceptors (Lipinski definition) is 5. The molecular formula is C20H26N4O3.